The van der Waals surface area contributed by atoms with Crippen LogP contribution < -0.4 is 10.2 Å². The number of rotatable bonds is 3. The first-order chi connectivity index (χ1) is 10.7. The number of hydrogen-bond donors (Lipinski definition) is 1. The van der Waals surface area contributed by atoms with E-state index in [0.717, 1.165) is 5.69 Å². The average Bonchev–Trinajstić information content (AvgIpc) is 2.87. The summed E-state index contributed by atoms with van der Waals surface area (Å²) < 4.78 is 24.1. The number of anilines is 1. The van der Waals surface area contributed by atoms with E-state index in [-0.39, 0.29) is 23.6 Å². The Morgan fingerprint density at radius 3 is 2.22 bits per heavy atom. The molecule has 2 aliphatic heterocycles. The van der Waals surface area contributed by atoms with Crippen LogP contribution in [0.3, 0.4) is 0 Å². The quantitative estimate of drug-likeness (QED) is 0.848. The summed E-state index contributed by atoms with van der Waals surface area (Å²) in [5.74, 6) is 1.05. The van der Waals surface area contributed by atoms with Gasteiger partial charge in [0.15, 0.2) is 14.9 Å². The van der Waals surface area contributed by atoms with E-state index in [1.54, 1.807) is 0 Å². The van der Waals surface area contributed by atoms with E-state index < -0.39 is 9.84 Å². The highest BCUT2D eigenvalue weighted by Crippen LogP contribution is 2.39. The van der Waals surface area contributed by atoms with Gasteiger partial charge in [-0.05, 0) is 35.2 Å². The molecule has 1 aromatic rings. The van der Waals surface area contributed by atoms with Crippen LogP contribution in [0.15, 0.2) is 18.2 Å². The summed E-state index contributed by atoms with van der Waals surface area (Å²) in [6.07, 6.45) is 0. The van der Waals surface area contributed by atoms with Gasteiger partial charge in [0.1, 0.15) is 0 Å². The highest BCUT2D eigenvalue weighted by molar-refractivity contribution is 7.91. The number of fused-ring (bicyclic) bond motifs is 1. The van der Waals surface area contributed by atoms with Crippen molar-refractivity contribution in [3.05, 3.63) is 29.3 Å². The minimum Gasteiger partial charge on any atom is -0.356 e. The van der Waals surface area contributed by atoms with Crippen LogP contribution in [0, 0.1) is 0 Å². The second kappa shape index (κ2) is 5.74. The number of nitrogens with one attached hydrogen (secondary N) is 1. The molecule has 1 N–H and O–H groups in total. The van der Waals surface area contributed by atoms with E-state index >= 15 is 0 Å². The molecule has 0 unspecified atom stereocenters. The summed E-state index contributed by atoms with van der Waals surface area (Å²) >= 11 is 5.56. The van der Waals surface area contributed by atoms with E-state index in [2.05, 4.69) is 56.1 Å². The summed E-state index contributed by atoms with van der Waals surface area (Å²) in [5.41, 5.74) is 3.56. The molecule has 0 aliphatic carbocycles. The van der Waals surface area contributed by atoms with Gasteiger partial charge in [-0.3, -0.25) is 0 Å². The van der Waals surface area contributed by atoms with Crippen molar-refractivity contribution in [2.24, 2.45) is 0 Å². The maximum absolute atomic E-state index is 12.1. The maximum Gasteiger partial charge on any atom is 0.174 e. The molecule has 2 saturated heterocycles. The van der Waals surface area contributed by atoms with Gasteiger partial charge in [-0.2, -0.15) is 0 Å². The number of thiocarbonyl (C=S) groups is 1. The summed E-state index contributed by atoms with van der Waals surface area (Å²) in [4.78, 5) is 2.08. The van der Waals surface area contributed by atoms with Crippen molar-refractivity contribution >= 4 is 32.9 Å². The summed E-state index contributed by atoms with van der Waals surface area (Å²) in [6.45, 7) is 8.66. The van der Waals surface area contributed by atoms with Crippen LogP contribution in [0.25, 0.3) is 0 Å². The monoisotopic (exact) mass is 352 g/mol. The highest BCUT2D eigenvalue weighted by atomic mass is 32.2. The summed E-state index contributed by atoms with van der Waals surface area (Å²) in [6, 6.07) is 6.16. The van der Waals surface area contributed by atoms with Crippen molar-refractivity contribution < 1.29 is 8.42 Å². The normalized spacial score (nSPS) is 26.0. The summed E-state index contributed by atoms with van der Waals surface area (Å²) in [5, 5.41) is 3.89. The zero-order chi connectivity index (χ0) is 16.9. The average molecular weight is 353 g/mol. The Balaban J connectivity index is 2.15. The van der Waals surface area contributed by atoms with E-state index in [1.807, 2.05) is 0 Å². The zero-order valence-corrected chi connectivity index (χ0v) is 15.7. The Bertz CT molecular complexity index is 715. The lowest BCUT2D eigenvalue weighted by Crippen LogP contribution is -2.38. The number of sulfone groups is 1. The van der Waals surface area contributed by atoms with Crippen LogP contribution in [0.1, 0.15) is 50.7 Å². The number of hydrogen-bond acceptors (Lipinski definition) is 3. The fourth-order valence-corrected chi connectivity index (χ4v) is 5.93. The minimum atomic E-state index is -3.00. The minimum absolute atomic E-state index is 0.0901. The first-order valence-electron chi connectivity index (χ1n) is 8.14. The molecule has 2 heterocycles. The first kappa shape index (κ1) is 16.7. The molecule has 0 bridgehead atoms. The number of para-hydroxylation sites is 1. The van der Waals surface area contributed by atoms with Crippen LogP contribution in [-0.2, 0) is 9.84 Å². The predicted octanol–water partition coefficient (Wildman–Crippen LogP) is 2.79. The van der Waals surface area contributed by atoms with Gasteiger partial charge < -0.3 is 10.2 Å². The molecule has 2 atom stereocenters. The van der Waals surface area contributed by atoms with Gasteiger partial charge in [-0.1, -0.05) is 45.9 Å². The second-order valence-electron chi connectivity index (χ2n) is 7.16. The van der Waals surface area contributed by atoms with Gasteiger partial charge in [0.25, 0.3) is 0 Å². The van der Waals surface area contributed by atoms with Gasteiger partial charge >= 0.3 is 0 Å². The molecular formula is C17H24N2O2S2. The molecule has 1 aromatic carbocycles. The van der Waals surface area contributed by atoms with Crippen molar-refractivity contribution in [1.29, 1.82) is 0 Å². The third-order valence-corrected chi connectivity index (χ3v) is 6.80. The first-order valence-corrected chi connectivity index (χ1v) is 10.4. The van der Waals surface area contributed by atoms with E-state index in [0.29, 0.717) is 16.9 Å². The van der Waals surface area contributed by atoms with Crippen LogP contribution in [-0.4, -0.2) is 37.1 Å². The van der Waals surface area contributed by atoms with E-state index in [4.69, 9.17) is 12.2 Å². The standard InChI is InChI=1S/C17H24N2O2S2/c1-10(2)12-6-5-7-13(11(3)4)16(12)19-15-9-23(20,21)8-14(15)18-17(19)22/h5-7,10-11,14-15H,8-9H2,1-4H3,(H,18,22)/t14-,15-/m0/s1. The molecule has 3 rings (SSSR count). The lowest BCUT2D eigenvalue weighted by molar-refractivity contribution is 0.600. The lowest BCUT2D eigenvalue weighted by atomic mass is 9.91. The molecule has 6 heteroatoms. The highest BCUT2D eigenvalue weighted by Gasteiger charge is 2.48. The van der Waals surface area contributed by atoms with Crippen molar-refractivity contribution in [3.63, 3.8) is 0 Å². The Kier molecular flexibility index (Phi) is 4.17. The van der Waals surface area contributed by atoms with Crippen molar-refractivity contribution in [2.45, 2.75) is 51.6 Å². The third-order valence-electron chi connectivity index (χ3n) is 4.77. The molecule has 0 spiro atoms. The van der Waals surface area contributed by atoms with Gasteiger partial charge in [0.2, 0.25) is 0 Å². The van der Waals surface area contributed by atoms with E-state index in [9.17, 15) is 8.42 Å². The van der Waals surface area contributed by atoms with Crippen LogP contribution >= 0.6 is 12.2 Å². The second-order valence-corrected chi connectivity index (χ2v) is 9.71. The molecule has 126 valence electrons. The molecule has 2 fully saturated rings. The predicted molar refractivity (Wildman–Crippen MR) is 99.1 cm³/mol. The van der Waals surface area contributed by atoms with Crippen molar-refractivity contribution in [2.75, 3.05) is 16.4 Å². The molecule has 0 aromatic heterocycles. The molecule has 0 amide bonds. The molecule has 2 aliphatic rings. The fourth-order valence-electron chi connectivity index (χ4n) is 3.66. The van der Waals surface area contributed by atoms with Crippen LogP contribution in [0.2, 0.25) is 0 Å². The molecule has 0 radical (unpaired) electrons. The van der Waals surface area contributed by atoms with Gasteiger partial charge in [0.05, 0.1) is 29.3 Å². The Morgan fingerprint density at radius 2 is 1.70 bits per heavy atom. The number of benzene rings is 1. The van der Waals surface area contributed by atoms with Crippen molar-refractivity contribution in [3.8, 4) is 0 Å². The number of nitrogens with zero attached hydrogens (tertiary/aromatic N) is 1. The van der Waals surface area contributed by atoms with E-state index in [1.165, 1.54) is 11.1 Å². The molecule has 4 nitrogen and oxygen atoms in total. The molecule has 0 saturated carbocycles. The Labute approximate surface area is 144 Å². The summed E-state index contributed by atoms with van der Waals surface area (Å²) in [7, 11) is -3.00. The molecular weight excluding hydrogens is 328 g/mol. The smallest absolute Gasteiger partial charge is 0.174 e. The third kappa shape index (κ3) is 2.87. The SMILES string of the molecule is CC(C)c1cccc(C(C)C)c1N1C(=S)N[C@H]2CS(=O)(=O)C[C@@H]21. The van der Waals surface area contributed by atoms with Gasteiger partial charge in [-0.25, -0.2) is 8.42 Å². The lowest BCUT2D eigenvalue weighted by Gasteiger charge is -2.30. The zero-order valence-electron chi connectivity index (χ0n) is 14.0. The Morgan fingerprint density at radius 1 is 1.13 bits per heavy atom. The van der Waals surface area contributed by atoms with Crippen LogP contribution in [0.4, 0.5) is 5.69 Å². The Hall–Kier alpha value is -1.14. The van der Waals surface area contributed by atoms with Crippen molar-refractivity contribution in [1.82, 2.24) is 5.32 Å². The van der Waals surface area contributed by atoms with Gasteiger partial charge in [0, 0.05) is 0 Å². The maximum atomic E-state index is 12.1. The topological polar surface area (TPSA) is 49.4 Å². The van der Waals surface area contributed by atoms with Gasteiger partial charge in [-0.15, -0.1) is 0 Å². The van der Waals surface area contributed by atoms with Crippen LogP contribution in [0.5, 0.6) is 0 Å². The largest absolute Gasteiger partial charge is 0.356 e. The molecule has 23 heavy (non-hydrogen) atoms. The fraction of sp³-hybridized carbons (Fsp3) is 0.588.